The second-order valence-corrected chi connectivity index (χ2v) is 5.05. The molecule has 0 saturated heterocycles. The number of hydrogen-bond acceptors (Lipinski definition) is 2. The number of hydrogen-bond donors (Lipinski definition) is 1. The number of nitrogen functional groups attached to an aromatic ring is 1. The van der Waals surface area contributed by atoms with Gasteiger partial charge in [-0.2, -0.15) is 0 Å². The fraction of sp³-hybridized carbons (Fsp3) is 0.118. The number of nitrogens with two attached hydrogens (primary N) is 1. The molecule has 2 N–H and O–H groups in total. The van der Waals surface area contributed by atoms with Crippen molar-refractivity contribution in [3.8, 4) is 11.4 Å². The predicted molar refractivity (Wildman–Crippen MR) is 85.3 cm³/mol. The Bertz CT molecular complexity index is 844. The molecule has 0 aliphatic carbocycles. The summed E-state index contributed by atoms with van der Waals surface area (Å²) in [5, 5.41) is 0. The van der Waals surface area contributed by atoms with E-state index < -0.39 is 0 Å². The van der Waals surface area contributed by atoms with Gasteiger partial charge in [0, 0.05) is 0 Å². The van der Waals surface area contributed by atoms with Crippen LogP contribution in [0.15, 0.2) is 59.4 Å². The van der Waals surface area contributed by atoms with E-state index in [1.165, 1.54) is 0 Å². The number of benzene rings is 2. The van der Waals surface area contributed by atoms with Crippen molar-refractivity contribution in [2.45, 2.75) is 13.8 Å². The first-order valence-corrected chi connectivity index (χ1v) is 6.83. The van der Waals surface area contributed by atoms with Gasteiger partial charge in [-0.3, -0.25) is 4.79 Å². The Hall–Kier alpha value is -2.75. The highest BCUT2D eigenvalue weighted by atomic mass is 16.1. The van der Waals surface area contributed by atoms with E-state index in [-0.39, 0.29) is 11.2 Å². The normalized spacial score (nSPS) is 10.8. The van der Waals surface area contributed by atoms with Crippen LogP contribution in [-0.2, 0) is 0 Å². The molecule has 0 radical (unpaired) electrons. The molecule has 0 aliphatic heterocycles. The van der Waals surface area contributed by atoms with Crippen molar-refractivity contribution >= 4 is 5.69 Å². The minimum Gasteiger partial charge on any atom is -0.393 e. The summed E-state index contributed by atoms with van der Waals surface area (Å²) < 4.78 is 3.50. The maximum Gasteiger partial charge on any atom is 0.295 e. The number of nitrogens with zero attached hydrogens (tertiary/aromatic N) is 2. The molecule has 3 rings (SSSR count). The standard InChI is InChI=1S/C17H17N3O/c1-12-8-6-7-11-15(12)20-17(21)16(18)13(2)19(20)14-9-4-3-5-10-14/h3-11H,18H2,1-2H3. The third-order valence-corrected chi connectivity index (χ3v) is 3.67. The van der Waals surface area contributed by atoms with Crippen molar-refractivity contribution < 1.29 is 0 Å². The van der Waals surface area contributed by atoms with Gasteiger partial charge in [0.05, 0.1) is 17.1 Å². The van der Waals surface area contributed by atoms with Crippen molar-refractivity contribution in [2.75, 3.05) is 5.73 Å². The van der Waals surface area contributed by atoms with E-state index in [9.17, 15) is 4.79 Å². The summed E-state index contributed by atoms with van der Waals surface area (Å²) in [6, 6.07) is 17.5. The maximum atomic E-state index is 12.6. The van der Waals surface area contributed by atoms with Gasteiger partial charge in [-0.15, -0.1) is 0 Å². The number of rotatable bonds is 2. The number of aryl methyl sites for hydroxylation is 1. The molecule has 0 amide bonds. The highest BCUT2D eigenvalue weighted by Crippen LogP contribution is 2.20. The summed E-state index contributed by atoms with van der Waals surface area (Å²) in [7, 11) is 0. The van der Waals surface area contributed by atoms with E-state index in [4.69, 9.17) is 5.73 Å². The van der Waals surface area contributed by atoms with E-state index >= 15 is 0 Å². The maximum absolute atomic E-state index is 12.6. The Balaban J connectivity index is 2.39. The monoisotopic (exact) mass is 279 g/mol. The van der Waals surface area contributed by atoms with Gasteiger partial charge < -0.3 is 5.73 Å². The van der Waals surface area contributed by atoms with E-state index in [1.54, 1.807) is 4.68 Å². The molecule has 4 nitrogen and oxygen atoms in total. The van der Waals surface area contributed by atoms with Crippen LogP contribution in [0.25, 0.3) is 11.4 Å². The molecule has 0 bridgehead atoms. The van der Waals surface area contributed by atoms with Crippen molar-refractivity contribution in [3.05, 3.63) is 76.2 Å². The average molecular weight is 279 g/mol. The van der Waals surface area contributed by atoms with Crippen LogP contribution in [0.2, 0.25) is 0 Å². The SMILES string of the molecule is Cc1ccccc1-n1c(=O)c(N)c(C)n1-c1ccccc1. The molecule has 21 heavy (non-hydrogen) atoms. The lowest BCUT2D eigenvalue weighted by molar-refractivity contribution is 0.704. The van der Waals surface area contributed by atoms with Crippen LogP contribution in [0.1, 0.15) is 11.3 Å². The molecule has 0 saturated carbocycles. The lowest BCUT2D eigenvalue weighted by atomic mass is 10.2. The Labute approximate surface area is 123 Å². The third-order valence-electron chi connectivity index (χ3n) is 3.67. The van der Waals surface area contributed by atoms with Crippen LogP contribution >= 0.6 is 0 Å². The lowest BCUT2D eigenvalue weighted by Crippen LogP contribution is -2.22. The van der Waals surface area contributed by atoms with E-state index in [2.05, 4.69) is 0 Å². The van der Waals surface area contributed by atoms with Gasteiger partial charge in [-0.1, -0.05) is 36.4 Å². The van der Waals surface area contributed by atoms with Gasteiger partial charge in [0.15, 0.2) is 0 Å². The fourth-order valence-electron chi connectivity index (χ4n) is 2.52. The largest absolute Gasteiger partial charge is 0.393 e. The zero-order valence-corrected chi connectivity index (χ0v) is 12.1. The molecule has 0 atom stereocenters. The first-order valence-electron chi connectivity index (χ1n) is 6.83. The molecule has 3 aromatic rings. The minimum atomic E-state index is -0.189. The smallest absolute Gasteiger partial charge is 0.295 e. The molecular weight excluding hydrogens is 262 g/mol. The lowest BCUT2D eigenvalue weighted by Gasteiger charge is -2.15. The van der Waals surface area contributed by atoms with Crippen molar-refractivity contribution in [1.29, 1.82) is 0 Å². The Morgan fingerprint density at radius 3 is 2.14 bits per heavy atom. The number of aromatic nitrogens is 2. The molecule has 2 aromatic carbocycles. The Kier molecular flexibility index (Phi) is 3.14. The second-order valence-electron chi connectivity index (χ2n) is 5.05. The van der Waals surface area contributed by atoms with E-state index in [0.717, 1.165) is 22.6 Å². The topological polar surface area (TPSA) is 52.9 Å². The first kappa shape index (κ1) is 13.2. The zero-order chi connectivity index (χ0) is 15.0. The van der Waals surface area contributed by atoms with E-state index in [0.29, 0.717) is 0 Å². The van der Waals surface area contributed by atoms with Crippen LogP contribution < -0.4 is 11.3 Å². The molecule has 1 aromatic heterocycles. The highest BCUT2D eigenvalue weighted by molar-refractivity contribution is 5.51. The molecule has 0 spiro atoms. The van der Waals surface area contributed by atoms with Gasteiger partial charge >= 0.3 is 0 Å². The number of para-hydroxylation sites is 2. The summed E-state index contributed by atoms with van der Waals surface area (Å²) in [5.74, 6) is 0. The Morgan fingerprint density at radius 2 is 1.48 bits per heavy atom. The third kappa shape index (κ3) is 2.05. The number of anilines is 1. The van der Waals surface area contributed by atoms with Crippen LogP contribution in [-0.4, -0.2) is 9.36 Å². The summed E-state index contributed by atoms with van der Waals surface area (Å²) in [6.45, 7) is 3.84. The van der Waals surface area contributed by atoms with Gasteiger partial charge in [-0.25, -0.2) is 9.36 Å². The molecule has 1 heterocycles. The fourth-order valence-corrected chi connectivity index (χ4v) is 2.52. The summed E-state index contributed by atoms with van der Waals surface area (Å²) in [5.41, 5.74) is 9.58. The predicted octanol–water partition coefficient (Wildman–Crippen LogP) is 2.83. The van der Waals surface area contributed by atoms with Crippen molar-refractivity contribution in [2.24, 2.45) is 0 Å². The molecule has 106 valence electrons. The summed E-state index contributed by atoms with van der Waals surface area (Å²) in [4.78, 5) is 12.6. The zero-order valence-electron chi connectivity index (χ0n) is 12.1. The molecular formula is C17H17N3O. The van der Waals surface area contributed by atoms with Gasteiger partial charge in [0.2, 0.25) is 0 Å². The van der Waals surface area contributed by atoms with E-state index in [1.807, 2.05) is 73.1 Å². The van der Waals surface area contributed by atoms with Gasteiger partial charge in [0.1, 0.15) is 5.69 Å². The van der Waals surface area contributed by atoms with Crippen LogP contribution in [0.5, 0.6) is 0 Å². The van der Waals surface area contributed by atoms with Gasteiger partial charge in [-0.05, 0) is 37.6 Å². The van der Waals surface area contributed by atoms with Gasteiger partial charge in [0.25, 0.3) is 5.56 Å². The Morgan fingerprint density at radius 1 is 0.857 bits per heavy atom. The first-order chi connectivity index (χ1) is 10.1. The molecule has 0 aliphatic rings. The summed E-state index contributed by atoms with van der Waals surface area (Å²) >= 11 is 0. The minimum absolute atomic E-state index is 0.189. The average Bonchev–Trinajstić information content (AvgIpc) is 2.73. The quantitative estimate of drug-likeness (QED) is 0.784. The van der Waals surface area contributed by atoms with Crippen LogP contribution in [0, 0.1) is 13.8 Å². The molecule has 4 heteroatoms. The van der Waals surface area contributed by atoms with Crippen LogP contribution in [0.3, 0.4) is 0 Å². The van der Waals surface area contributed by atoms with Crippen LogP contribution in [0.4, 0.5) is 5.69 Å². The van der Waals surface area contributed by atoms with Crippen molar-refractivity contribution in [3.63, 3.8) is 0 Å². The molecule has 0 fully saturated rings. The summed E-state index contributed by atoms with van der Waals surface area (Å²) in [6.07, 6.45) is 0. The second kappa shape index (κ2) is 4.98. The van der Waals surface area contributed by atoms with Crippen molar-refractivity contribution in [1.82, 2.24) is 9.36 Å². The molecule has 0 unspecified atom stereocenters. The highest BCUT2D eigenvalue weighted by Gasteiger charge is 2.17.